The number of amides is 1. The highest BCUT2D eigenvalue weighted by molar-refractivity contribution is 5.84. The van der Waals surface area contributed by atoms with Crippen molar-refractivity contribution in [1.29, 1.82) is 0 Å². The molecule has 0 bridgehead atoms. The highest BCUT2D eigenvalue weighted by Gasteiger charge is 2.41. The van der Waals surface area contributed by atoms with Crippen LogP contribution in [-0.4, -0.2) is 30.1 Å². The normalized spacial score (nSPS) is 24.7. The molecule has 0 saturated carbocycles. The third-order valence-electron chi connectivity index (χ3n) is 3.50. The lowest BCUT2D eigenvalue weighted by Gasteiger charge is -2.32. The molecule has 1 unspecified atom stereocenters. The van der Waals surface area contributed by atoms with Crippen LogP contribution in [0.5, 0.6) is 0 Å². The van der Waals surface area contributed by atoms with Crippen molar-refractivity contribution < 1.29 is 4.79 Å². The first-order valence-electron chi connectivity index (χ1n) is 6.46. The van der Waals surface area contributed by atoms with Gasteiger partial charge in [-0.25, -0.2) is 0 Å². The topological polar surface area (TPSA) is 32.3 Å². The third kappa shape index (κ3) is 2.56. The minimum atomic E-state index is -0.0957. The summed E-state index contributed by atoms with van der Waals surface area (Å²) in [6.45, 7) is 6.46. The van der Waals surface area contributed by atoms with Crippen molar-refractivity contribution in [1.82, 2.24) is 10.2 Å². The molecular formula is C15H22N2O. The van der Waals surface area contributed by atoms with Gasteiger partial charge in [0.15, 0.2) is 0 Å². The van der Waals surface area contributed by atoms with Crippen molar-refractivity contribution in [3.8, 4) is 0 Å². The predicted molar refractivity (Wildman–Crippen MR) is 73.1 cm³/mol. The summed E-state index contributed by atoms with van der Waals surface area (Å²) in [5.41, 5.74) is 1.25. The summed E-state index contributed by atoms with van der Waals surface area (Å²) in [5.74, 6) is 0.193. The van der Waals surface area contributed by atoms with Crippen molar-refractivity contribution in [3.63, 3.8) is 0 Å². The standard InChI is InChI=1S/C15H22N2O/c1-15(2,3)14-16-12(13(18)17(14)4)10-11-8-6-5-7-9-11/h5-9,12,14,16H,10H2,1-4H3/t12?,14-/m1/s1. The van der Waals surface area contributed by atoms with Crippen LogP contribution in [0.4, 0.5) is 0 Å². The molecule has 2 rings (SSSR count). The van der Waals surface area contributed by atoms with Gasteiger partial charge in [-0.05, 0) is 17.4 Å². The van der Waals surface area contributed by atoms with Crippen molar-refractivity contribution in [2.24, 2.45) is 5.41 Å². The maximum absolute atomic E-state index is 12.2. The van der Waals surface area contributed by atoms with Crippen LogP contribution in [0.3, 0.4) is 0 Å². The van der Waals surface area contributed by atoms with Crippen LogP contribution in [0.1, 0.15) is 26.3 Å². The van der Waals surface area contributed by atoms with Crippen LogP contribution in [0.25, 0.3) is 0 Å². The highest BCUT2D eigenvalue weighted by atomic mass is 16.2. The number of likely N-dealkylation sites (N-methyl/N-ethyl adjacent to an activating group) is 1. The Bertz CT molecular complexity index is 422. The largest absolute Gasteiger partial charge is 0.328 e. The molecule has 3 nitrogen and oxygen atoms in total. The Kier molecular flexibility index (Phi) is 3.44. The van der Waals surface area contributed by atoms with Crippen molar-refractivity contribution >= 4 is 5.91 Å². The Hall–Kier alpha value is -1.35. The zero-order chi connectivity index (χ0) is 13.3. The second-order valence-corrected chi connectivity index (χ2v) is 6.13. The van der Waals surface area contributed by atoms with E-state index in [2.05, 4.69) is 38.2 Å². The molecular weight excluding hydrogens is 224 g/mol. The minimum Gasteiger partial charge on any atom is -0.328 e. The molecule has 98 valence electrons. The maximum atomic E-state index is 12.2. The first-order chi connectivity index (χ1) is 8.39. The average molecular weight is 246 g/mol. The second kappa shape index (κ2) is 4.73. The number of hydrogen-bond donors (Lipinski definition) is 1. The van der Waals surface area contributed by atoms with E-state index in [1.165, 1.54) is 5.56 Å². The molecule has 1 fully saturated rings. The monoisotopic (exact) mass is 246 g/mol. The molecule has 1 aromatic carbocycles. The van der Waals surface area contributed by atoms with Crippen LogP contribution < -0.4 is 5.32 Å². The molecule has 18 heavy (non-hydrogen) atoms. The Balaban J connectivity index is 2.10. The van der Waals surface area contributed by atoms with Gasteiger partial charge in [-0.3, -0.25) is 10.1 Å². The van der Waals surface area contributed by atoms with Gasteiger partial charge in [0.1, 0.15) is 0 Å². The zero-order valence-corrected chi connectivity index (χ0v) is 11.6. The van der Waals surface area contributed by atoms with E-state index in [-0.39, 0.29) is 23.5 Å². The number of carbonyl (C=O) groups is 1. The number of carbonyl (C=O) groups excluding carboxylic acids is 1. The van der Waals surface area contributed by atoms with E-state index in [1.807, 2.05) is 30.1 Å². The highest BCUT2D eigenvalue weighted by Crippen LogP contribution is 2.27. The zero-order valence-electron chi connectivity index (χ0n) is 11.6. The first-order valence-corrected chi connectivity index (χ1v) is 6.46. The van der Waals surface area contributed by atoms with Crippen LogP contribution >= 0.6 is 0 Å². The average Bonchev–Trinajstić information content (AvgIpc) is 2.58. The number of hydrogen-bond acceptors (Lipinski definition) is 2. The summed E-state index contributed by atoms with van der Waals surface area (Å²) in [4.78, 5) is 14.1. The van der Waals surface area contributed by atoms with Gasteiger partial charge in [-0.15, -0.1) is 0 Å². The molecule has 0 aromatic heterocycles. The molecule has 3 heteroatoms. The van der Waals surface area contributed by atoms with E-state index < -0.39 is 0 Å². The molecule has 1 amide bonds. The van der Waals surface area contributed by atoms with Gasteiger partial charge >= 0.3 is 0 Å². The molecule has 1 saturated heterocycles. The van der Waals surface area contributed by atoms with E-state index in [0.717, 1.165) is 6.42 Å². The summed E-state index contributed by atoms with van der Waals surface area (Å²) in [7, 11) is 1.89. The summed E-state index contributed by atoms with van der Waals surface area (Å²) >= 11 is 0. The minimum absolute atomic E-state index is 0.0514. The number of benzene rings is 1. The van der Waals surface area contributed by atoms with E-state index in [9.17, 15) is 4.79 Å². The number of nitrogens with one attached hydrogen (secondary N) is 1. The molecule has 0 aliphatic carbocycles. The van der Waals surface area contributed by atoms with Gasteiger partial charge in [0.05, 0.1) is 12.2 Å². The first kappa shape index (κ1) is 13.1. The molecule has 1 heterocycles. The van der Waals surface area contributed by atoms with Crippen LogP contribution in [0.2, 0.25) is 0 Å². The Morgan fingerprint density at radius 1 is 1.22 bits per heavy atom. The van der Waals surface area contributed by atoms with Crippen molar-refractivity contribution in [3.05, 3.63) is 35.9 Å². The Morgan fingerprint density at radius 2 is 1.83 bits per heavy atom. The van der Waals surface area contributed by atoms with Gasteiger partial charge in [0, 0.05) is 7.05 Å². The van der Waals surface area contributed by atoms with E-state index in [4.69, 9.17) is 0 Å². The molecule has 2 atom stereocenters. The van der Waals surface area contributed by atoms with E-state index in [0.29, 0.717) is 0 Å². The lowest BCUT2D eigenvalue weighted by molar-refractivity contribution is -0.129. The summed E-state index contributed by atoms with van der Waals surface area (Å²) in [5, 5.41) is 3.46. The van der Waals surface area contributed by atoms with Crippen LogP contribution in [0.15, 0.2) is 30.3 Å². The molecule has 1 aliphatic rings. The SMILES string of the molecule is CN1C(=O)C(Cc2ccccc2)N[C@H]1C(C)(C)C. The van der Waals surface area contributed by atoms with Gasteiger partial charge in [0.2, 0.25) is 5.91 Å². The Morgan fingerprint density at radius 3 is 2.33 bits per heavy atom. The molecule has 0 spiro atoms. The van der Waals surface area contributed by atoms with Crippen LogP contribution in [-0.2, 0) is 11.2 Å². The fraction of sp³-hybridized carbons (Fsp3) is 0.533. The van der Waals surface area contributed by atoms with Crippen molar-refractivity contribution in [2.45, 2.75) is 39.4 Å². The molecule has 1 aliphatic heterocycles. The summed E-state index contributed by atoms with van der Waals surface area (Å²) in [6, 6.07) is 10.1. The van der Waals surface area contributed by atoms with Gasteiger partial charge in [-0.2, -0.15) is 0 Å². The fourth-order valence-corrected chi connectivity index (χ4v) is 2.57. The molecule has 0 radical (unpaired) electrons. The van der Waals surface area contributed by atoms with Gasteiger partial charge < -0.3 is 4.90 Å². The maximum Gasteiger partial charge on any atom is 0.241 e. The summed E-state index contributed by atoms with van der Waals surface area (Å²) < 4.78 is 0. The smallest absolute Gasteiger partial charge is 0.241 e. The van der Waals surface area contributed by atoms with Crippen molar-refractivity contribution in [2.75, 3.05) is 7.05 Å². The Labute approximate surface area is 109 Å². The molecule has 1 N–H and O–H groups in total. The predicted octanol–water partition coefficient (Wildman–Crippen LogP) is 2.03. The lowest BCUT2D eigenvalue weighted by atomic mass is 9.92. The van der Waals surface area contributed by atoms with E-state index >= 15 is 0 Å². The van der Waals surface area contributed by atoms with Gasteiger partial charge in [0.25, 0.3) is 0 Å². The number of nitrogens with zero attached hydrogens (tertiary/aromatic N) is 1. The third-order valence-corrected chi connectivity index (χ3v) is 3.50. The molecule has 1 aromatic rings. The fourth-order valence-electron chi connectivity index (χ4n) is 2.57. The van der Waals surface area contributed by atoms with Crippen LogP contribution in [0, 0.1) is 5.41 Å². The quantitative estimate of drug-likeness (QED) is 0.866. The van der Waals surface area contributed by atoms with Gasteiger partial charge in [-0.1, -0.05) is 51.1 Å². The summed E-state index contributed by atoms with van der Waals surface area (Å²) in [6.07, 6.45) is 0.870. The van der Waals surface area contributed by atoms with E-state index in [1.54, 1.807) is 0 Å². The lowest BCUT2D eigenvalue weighted by Crippen LogP contribution is -2.45. The number of rotatable bonds is 2. The second-order valence-electron chi connectivity index (χ2n) is 6.13.